The summed E-state index contributed by atoms with van der Waals surface area (Å²) in [5, 5.41) is 1.00. The highest BCUT2D eigenvalue weighted by molar-refractivity contribution is 5.94. The highest BCUT2D eigenvalue weighted by atomic mass is 16.6. The van der Waals surface area contributed by atoms with E-state index in [0.29, 0.717) is 0 Å². The molecular formula is C18H26N4O2. The fourth-order valence-corrected chi connectivity index (χ4v) is 3.43. The summed E-state index contributed by atoms with van der Waals surface area (Å²) in [6.45, 7) is 12.7. The first kappa shape index (κ1) is 16.7. The third-order valence-electron chi connectivity index (χ3n) is 4.44. The average molecular weight is 330 g/mol. The number of aromatic nitrogens is 3. The number of hydrogen-bond acceptors (Lipinski definition) is 5. The van der Waals surface area contributed by atoms with E-state index in [4.69, 9.17) is 4.74 Å². The Bertz CT molecular complexity index is 773. The zero-order valence-electron chi connectivity index (χ0n) is 15.3. The molecule has 0 saturated carbocycles. The highest BCUT2D eigenvalue weighted by Gasteiger charge is 2.52. The lowest BCUT2D eigenvalue weighted by molar-refractivity contribution is -0.162. The number of nitrogens with one attached hydrogen (secondary N) is 1. The third-order valence-corrected chi connectivity index (χ3v) is 4.44. The second-order valence-electron chi connectivity index (χ2n) is 8.14. The van der Waals surface area contributed by atoms with E-state index in [1.165, 1.54) is 0 Å². The summed E-state index contributed by atoms with van der Waals surface area (Å²) < 4.78 is 5.65. The first-order valence-corrected chi connectivity index (χ1v) is 8.44. The normalized spacial score (nSPS) is 20.1. The number of rotatable bonds is 3. The molecule has 1 aliphatic heterocycles. The van der Waals surface area contributed by atoms with Crippen LogP contribution in [0.15, 0.2) is 12.5 Å². The predicted molar refractivity (Wildman–Crippen MR) is 94.0 cm³/mol. The number of aromatic amines is 1. The van der Waals surface area contributed by atoms with Gasteiger partial charge in [-0.25, -0.2) is 14.8 Å². The summed E-state index contributed by atoms with van der Waals surface area (Å²) in [7, 11) is 0. The Morgan fingerprint density at radius 1 is 1.42 bits per heavy atom. The van der Waals surface area contributed by atoms with E-state index in [1.54, 1.807) is 6.33 Å². The van der Waals surface area contributed by atoms with Crippen molar-refractivity contribution >= 4 is 22.8 Å². The van der Waals surface area contributed by atoms with Gasteiger partial charge >= 0.3 is 5.97 Å². The standard InChI is InChI=1S/C18H26N4O2/c1-7-11-8-19-14-12(11)15(21-10-20-14)22-9-18(5,6)13(22)16(23)24-17(2,3)4/h8,10,13H,7,9H2,1-6H3,(H,19,20,21). The predicted octanol–water partition coefficient (Wildman–Crippen LogP) is 3.08. The number of anilines is 1. The smallest absolute Gasteiger partial charge is 0.329 e. The Morgan fingerprint density at radius 2 is 2.12 bits per heavy atom. The zero-order chi connectivity index (χ0) is 17.7. The monoisotopic (exact) mass is 330 g/mol. The minimum atomic E-state index is -0.502. The van der Waals surface area contributed by atoms with Crippen molar-refractivity contribution in [3.63, 3.8) is 0 Å². The van der Waals surface area contributed by atoms with Crippen molar-refractivity contribution in [1.82, 2.24) is 15.0 Å². The molecule has 1 fully saturated rings. The van der Waals surface area contributed by atoms with Crippen LogP contribution in [-0.2, 0) is 16.0 Å². The molecule has 0 aliphatic carbocycles. The SMILES string of the molecule is CCc1c[nH]c2ncnc(N3CC(C)(C)C3C(=O)OC(C)(C)C)c12. The fourth-order valence-electron chi connectivity index (χ4n) is 3.43. The van der Waals surface area contributed by atoms with Gasteiger partial charge in [0.2, 0.25) is 0 Å². The Morgan fingerprint density at radius 3 is 2.71 bits per heavy atom. The van der Waals surface area contributed by atoms with Crippen molar-refractivity contribution in [3.8, 4) is 0 Å². The number of carbonyl (C=O) groups is 1. The van der Waals surface area contributed by atoms with Crippen molar-refractivity contribution in [2.75, 3.05) is 11.4 Å². The zero-order valence-corrected chi connectivity index (χ0v) is 15.3. The summed E-state index contributed by atoms with van der Waals surface area (Å²) >= 11 is 0. The molecule has 24 heavy (non-hydrogen) atoms. The van der Waals surface area contributed by atoms with Crippen molar-refractivity contribution in [3.05, 3.63) is 18.1 Å². The van der Waals surface area contributed by atoms with Crippen LogP contribution in [0.4, 0.5) is 5.82 Å². The van der Waals surface area contributed by atoms with Crippen LogP contribution in [0.2, 0.25) is 0 Å². The lowest BCUT2D eigenvalue weighted by Crippen LogP contribution is -2.67. The molecular weight excluding hydrogens is 304 g/mol. The van der Waals surface area contributed by atoms with E-state index in [9.17, 15) is 4.79 Å². The molecule has 0 bridgehead atoms. The molecule has 0 radical (unpaired) electrons. The van der Waals surface area contributed by atoms with Gasteiger partial charge in [-0.1, -0.05) is 20.8 Å². The molecule has 1 atom stereocenters. The summed E-state index contributed by atoms with van der Waals surface area (Å²) in [4.78, 5) is 26.8. The fraction of sp³-hybridized carbons (Fsp3) is 0.611. The van der Waals surface area contributed by atoms with Crippen LogP contribution in [0.1, 0.15) is 47.1 Å². The van der Waals surface area contributed by atoms with Crippen LogP contribution < -0.4 is 4.90 Å². The molecule has 0 amide bonds. The lowest BCUT2D eigenvalue weighted by Gasteiger charge is -2.53. The van der Waals surface area contributed by atoms with Crippen LogP contribution in [0, 0.1) is 5.41 Å². The minimum absolute atomic E-state index is 0.151. The number of fused-ring (bicyclic) bond motifs is 1. The van der Waals surface area contributed by atoms with Crippen LogP contribution in [0.25, 0.3) is 11.0 Å². The van der Waals surface area contributed by atoms with Crippen LogP contribution >= 0.6 is 0 Å². The second-order valence-corrected chi connectivity index (χ2v) is 8.14. The highest BCUT2D eigenvalue weighted by Crippen LogP contribution is 2.43. The van der Waals surface area contributed by atoms with Gasteiger partial charge in [0.25, 0.3) is 0 Å². The van der Waals surface area contributed by atoms with Crippen LogP contribution in [0.3, 0.4) is 0 Å². The molecule has 0 aromatic carbocycles. The number of aryl methyl sites for hydroxylation is 1. The molecule has 1 unspecified atom stereocenters. The first-order chi connectivity index (χ1) is 11.1. The average Bonchev–Trinajstić information content (AvgIpc) is 2.86. The number of H-pyrrole nitrogens is 1. The number of nitrogens with zero attached hydrogens (tertiary/aromatic N) is 3. The molecule has 130 valence electrons. The summed E-state index contributed by atoms with van der Waals surface area (Å²) in [5.74, 6) is 0.618. The van der Waals surface area contributed by atoms with Gasteiger partial charge in [-0.2, -0.15) is 0 Å². The van der Waals surface area contributed by atoms with E-state index in [0.717, 1.165) is 35.4 Å². The van der Waals surface area contributed by atoms with E-state index in [-0.39, 0.29) is 17.4 Å². The molecule has 2 aromatic heterocycles. The van der Waals surface area contributed by atoms with Gasteiger partial charge in [-0.05, 0) is 32.8 Å². The van der Waals surface area contributed by atoms with E-state index in [2.05, 4.69) is 35.7 Å². The molecule has 6 nitrogen and oxygen atoms in total. The van der Waals surface area contributed by atoms with Gasteiger partial charge in [-0.3, -0.25) is 0 Å². The Hall–Kier alpha value is -2.11. The maximum atomic E-state index is 12.8. The molecule has 0 spiro atoms. The maximum Gasteiger partial charge on any atom is 0.329 e. The molecule has 6 heteroatoms. The number of hydrogen-bond donors (Lipinski definition) is 1. The summed E-state index contributed by atoms with van der Waals surface area (Å²) in [6, 6.07) is -0.338. The van der Waals surface area contributed by atoms with Crippen molar-refractivity contribution in [2.45, 2.75) is 59.6 Å². The van der Waals surface area contributed by atoms with Gasteiger partial charge in [0, 0.05) is 18.2 Å². The van der Waals surface area contributed by atoms with Gasteiger partial charge in [0.05, 0.1) is 5.39 Å². The summed E-state index contributed by atoms with van der Waals surface area (Å²) in [6.07, 6.45) is 4.40. The minimum Gasteiger partial charge on any atom is -0.458 e. The quantitative estimate of drug-likeness (QED) is 0.876. The number of ether oxygens (including phenoxy) is 1. The molecule has 2 aromatic rings. The maximum absolute atomic E-state index is 12.8. The Labute approximate surface area is 142 Å². The van der Waals surface area contributed by atoms with Crippen molar-refractivity contribution < 1.29 is 9.53 Å². The van der Waals surface area contributed by atoms with Crippen molar-refractivity contribution in [1.29, 1.82) is 0 Å². The molecule has 3 heterocycles. The Kier molecular flexibility index (Phi) is 3.81. The Balaban J connectivity index is 2.00. The number of esters is 1. The van der Waals surface area contributed by atoms with Gasteiger partial charge in [0.1, 0.15) is 29.4 Å². The first-order valence-electron chi connectivity index (χ1n) is 8.44. The van der Waals surface area contributed by atoms with Gasteiger partial charge < -0.3 is 14.6 Å². The van der Waals surface area contributed by atoms with Crippen LogP contribution in [-0.4, -0.2) is 39.1 Å². The molecule has 1 N–H and O–H groups in total. The third kappa shape index (κ3) is 2.74. The van der Waals surface area contributed by atoms with Gasteiger partial charge in [0.15, 0.2) is 0 Å². The lowest BCUT2D eigenvalue weighted by atomic mass is 9.74. The van der Waals surface area contributed by atoms with E-state index in [1.807, 2.05) is 31.9 Å². The molecule has 1 saturated heterocycles. The van der Waals surface area contributed by atoms with Gasteiger partial charge in [-0.15, -0.1) is 0 Å². The summed E-state index contributed by atoms with van der Waals surface area (Å²) in [5.41, 5.74) is 1.32. The topological polar surface area (TPSA) is 71.1 Å². The van der Waals surface area contributed by atoms with Crippen LogP contribution in [0.5, 0.6) is 0 Å². The number of carbonyl (C=O) groups excluding carboxylic acids is 1. The van der Waals surface area contributed by atoms with E-state index >= 15 is 0 Å². The molecule has 1 aliphatic rings. The molecule has 3 rings (SSSR count). The largest absolute Gasteiger partial charge is 0.458 e. The van der Waals surface area contributed by atoms with Crippen molar-refractivity contribution in [2.24, 2.45) is 5.41 Å². The van der Waals surface area contributed by atoms with E-state index < -0.39 is 5.60 Å². The second kappa shape index (κ2) is 5.46.